The first kappa shape index (κ1) is 17.9. The van der Waals surface area contributed by atoms with Gasteiger partial charge in [-0.15, -0.1) is 0 Å². The van der Waals surface area contributed by atoms with Gasteiger partial charge in [0.15, 0.2) is 0 Å². The smallest absolute Gasteiger partial charge is 0.296 e. The molecule has 1 rings (SSSR count). The van der Waals surface area contributed by atoms with E-state index in [-0.39, 0.29) is 11.5 Å². The van der Waals surface area contributed by atoms with E-state index in [2.05, 4.69) is 0 Å². The molecule has 0 aliphatic carbocycles. The molecular formula is C16H24O4S. The summed E-state index contributed by atoms with van der Waals surface area (Å²) in [5.41, 5.74) is 1.02. The number of aldehydes is 1. The zero-order valence-electron chi connectivity index (χ0n) is 12.6. The highest BCUT2D eigenvalue weighted by Crippen LogP contribution is 2.14. The first-order valence-corrected chi connectivity index (χ1v) is 8.87. The van der Waals surface area contributed by atoms with Crippen molar-refractivity contribution >= 4 is 16.4 Å². The summed E-state index contributed by atoms with van der Waals surface area (Å²) in [6, 6.07) is 6.65. The van der Waals surface area contributed by atoms with Crippen LogP contribution in [0.3, 0.4) is 0 Å². The van der Waals surface area contributed by atoms with Gasteiger partial charge in [0.1, 0.15) is 6.29 Å². The highest BCUT2D eigenvalue weighted by molar-refractivity contribution is 7.86. The molecule has 0 saturated heterocycles. The van der Waals surface area contributed by atoms with Crippen molar-refractivity contribution < 1.29 is 17.4 Å². The predicted octanol–water partition coefficient (Wildman–Crippen LogP) is 3.63. The van der Waals surface area contributed by atoms with Crippen LogP contribution in [0, 0.1) is 6.92 Å². The zero-order chi connectivity index (χ0) is 15.6. The van der Waals surface area contributed by atoms with Crippen LogP contribution in [0.1, 0.15) is 50.5 Å². The van der Waals surface area contributed by atoms with Crippen LogP contribution in [0.25, 0.3) is 0 Å². The third kappa shape index (κ3) is 7.39. The van der Waals surface area contributed by atoms with Gasteiger partial charge in [-0.2, -0.15) is 8.42 Å². The Labute approximate surface area is 127 Å². The van der Waals surface area contributed by atoms with Gasteiger partial charge in [0.2, 0.25) is 0 Å². The number of carbonyl (C=O) groups is 1. The van der Waals surface area contributed by atoms with Crippen LogP contribution in [0.2, 0.25) is 0 Å². The molecule has 0 aliphatic rings. The van der Waals surface area contributed by atoms with Crippen molar-refractivity contribution in [1.82, 2.24) is 0 Å². The monoisotopic (exact) mass is 312 g/mol. The fraction of sp³-hybridized carbons (Fsp3) is 0.562. The van der Waals surface area contributed by atoms with Crippen molar-refractivity contribution in [2.45, 2.75) is 56.8 Å². The minimum atomic E-state index is -3.62. The standard InChI is InChI=1S/C16H24O4S/c1-15-9-11-16(12-10-15)21(18,19)20-14-8-6-4-2-3-5-7-13-17/h9-13H,2-8,14H2,1H3. The van der Waals surface area contributed by atoms with Crippen molar-refractivity contribution in [1.29, 1.82) is 0 Å². The molecule has 0 radical (unpaired) electrons. The first-order valence-electron chi connectivity index (χ1n) is 7.46. The Bertz CT molecular complexity index is 506. The molecule has 0 N–H and O–H groups in total. The summed E-state index contributed by atoms with van der Waals surface area (Å²) in [4.78, 5) is 10.3. The molecule has 4 nitrogen and oxygen atoms in total. The van der Waals surface area contributed by atoms with Crippen molar-refractivity contribution in [2.24, 2.45) is 0 Å². The molecule has 5 heteroatoms. The van der Waals surface area contributed by atoms with E-state index in [1.807, 2.05) is 6.92 Å². The Kier molecular flexibility index (Phi) is 8.23. The van der Waals surface area contributed by atoms with E-state index in [0.717, 1.165) is 50.4 Å². The van der Waals surface area contributed by atoms with Gasteiger partial charge in [-0.3, -0.25) is 4.18 Å². The van der Waals surface area contributed by atoms with E-state index in [1.165, 1.54) is 0 Å². The summed E-state index contributed by atoms with van der Waals surface area (Å²) in [6.07, 6.45) is 7.40. The van der Waals surface area contributed by atoms with Crippen LogP contribution >= 0.6 is 0 Å². The third-order valence-corrected chi connectivity index (χ3v) is 4.59. The Balaban J connectivity index is 2.17. The highest BCUT2D eigenvalue weighted by Gasteiger charge is 2.14. The highest BCUT2D eigenvalue weighted by atomic mass is 32.2. The summed E-state index contributed by atoms with van der Waals surface area (Å²) < 4.78 is 28.8. The second-order valence-corrected chi connectivity index (χ2v) is 6.78. The molecule has 0 bridgehead atoms. The molecule has 0 heterocycles. The van der Waals surface area contributed by atoms with E-state index < -0.39 is 10.1 Å². The minimum Gasteiger partial charge on any atom is -0.303 e. The fourth-order valence-electron chi connectivity index (χ4n) is 1.98. The minimum absolute atomic E-state index is 0.210. The molecule has 0 amide bonds. The second-order valence-electron chi connectivity index (χ2n) is 5.17. The molecule has 0 spiro atoms. The molecule has 0 aliphatic heterocycles. The van der Waals surface area contributed by atoms with Crippen LogP contribution in [0.15, 0.2) is 29.2 Å². The van der Waals surface area contributed by atoms with Crippen molar-refractivity contribution in [3.8, 4) is 0 Å². The number of rotatable bonds is 11. The van der Waals surface area contributed by atoms with E-state index in [9.17, 15) is 13.2 Å². The molecule has 0 atom stereocenters. The Morgan fingerprint density at radius 1 is 0.952 bits per heavy atom. The van der Waals surface area contributed by atoms with Crippen molar-refractivity contribution in [2.75, 3.05) is 6.61 Å². The Hall–Kier alpha value is -1.20. The Morgan fingerprint density at radius 2 is 1.52 bits per heavy atom. The zero-order valence-corrected chi connectivity index (χ0v) is 13.4. The van der Waals surface area contributed by atoms with Crippen molar-refractivity contribution in [3.63, 3.8) is 0 Å². The predicted molar refractivity (Wildman–Crippen MR) is 82.7 cm³/mol. The molecule has 1 aromatic carbocycles. The van der Waals surface area contributed by atoms with Gasteiger partial charge < -0.3 is 4.79 Å². The summed E-state index contributed by atoms with van der Waals surface area (Å²) in [5, 5.41) is 0. The van der Waals surface area contributed by atoms with Gasteiger partial charge in [-0.05, 0) is 31.9 Å². The number of carbonyl (C=O) groups excluding carboxylic acids is 1. The molecule has 0 fully saturated rings. The van der Waals surface area contributed by atoms with Gasteiger partial charge >= 0.3 is 0 Å². The largest absolute Gasteiger partial charge is 0.303 e. The number of aryl methyl sites for hydroxylation is 1. The first-order chi connectivity index (χ1) is 10.1. The molecule has 0 unspecified atom stereocenters. The number of unbranched alkanes of at least 4 members (excludes halogenated alkanes) is 6. The van der Waals surface area contributed by atoms with Crippen LogP contribution in [0.4, 0.5) is 0 Å². The van der Waals surface area contributed by atoms with Gasteiger partial charge in [0.25, 0.3) is 10.1 Å². The average Bonchev–Trinajstić information content (AvgIpc) is 2.46. The molecule has 21 heavy (non-hydrogen) atoms. The second kappa shape index (κ2) is 9.68. The lowest BCUT2D eigenvalue weighted by atomic mass is 10.1. The normalized spacial score (nSPS) is 11.5. The van der Waals surface area contributed by atoms with Crippen LogP contribution in [0.5, 0.6) is 0 Å². The maximum absolute atomic E-state index is 11.9. The molecular weight excluding hydrogens is 288 g/mol. The van der Waals surface area contributed by atoms with Crippen LogP contribution in [-0.2, 0) is 19.1 Å². The van der Waals surface area contributed by atoms with E-state index in [0.29, 0.717) is 6.42 Å². The maximum atomic E-state index is 11.9. The lowest BCUT2D eigenvalue weighted by Crippen LogP contribution is -2.07. The SMILES string of the molecule is Cc1ccc(S(=O)(=O)OCCCCCCCCC=O)cc1. The van der Waals surface area contributed by atoms with Crippen molar-refractivity contribution in [3.05, 3.63) is 29.8 Å². The van der Waals surface area contributed by atoms with Gasteiger partial charge in [-0.25, -0.2) is 0 Å². The van der Waals surface area contributed by atoms with E-state index in [4.69, 9.17) is 4.18 Å². The fourth-order valence-corrected chi connectivity index (χ4v) is 2.92. The number of benzene rings is 1. The molecule has 118 valence electrons. The summed E-state index contributed by atoms with van der Waals surface area (Å²) in [6.45, 7) is 2.14. The van der Waals surface area contributed by atoms with E-state index >= 15 is 0 Å². The topological polar surface area (TPSA) is 60.4 Å². The quantitative estimate of drug-likeness (QED) is 0.356. The molecule has 0 aromatic heterocycles. The summed E-state index contributed by atoms with van der Waals surface area (Å²) >= 11 is 0. The number of hydrogen-bond acceptors (Lipinski definition) is 4. The lowest BCUT2D eigenvalue weighted by Gasteiger charge is -2.06. The van der Waals surface area contributed by atoms with Gasteiger partial charge in [0, 0.05) is 6.42 Å². The Morgan fingerprint density at radius 3 is 2.14 bits per heavy atom. The lowest BCUT2D eigenvalue weighted by molar-refractivity contribution is -0.107. The molecule has 0 saturated carbocycles. The van der Waals surface area contributed by atoms with E-state index in [1.54, 1.807) is 24.3 Å². The summed E-state index contributed by atoms with van der Waals surface area (Å²) in [7, 11) is -3.62. The molecule has 1 aromatic rings. The van der Waals surface area contributed by atoms with Crippen LogP contribution in [-0.4, -0.2) is 21.3 Å². The number of hydrogen-bond donors (Lipinski definition) is 0. The van der Waals surface area contributed by atoms with Gasteiger partial charge in [0.05, 0.1) is 11.5 Å². The maximum Gasteiger partial charge on any atom is 0.296 e. The average molecular weight is 312 g/mol. The van der Waals surface area contributed by atoms with Crippen LogP contribution < -0.4 is 0 Å². The third-order valence-electron chi connectivity index (χ3n) is 3.26. The van der Waals surface area contributed by atoms with Gasteiger partial charge in [-0.1, -0.05) is 43.4 Å². The summed E-state index contributed by atoms with van der Waals surface area (Å²) in [5.74, 6) is 0.